The number of ether oxygens (including phenoxy) is 1. The Balaban J connectivity index is 1.40. The van der Waals surface area contributed by atoms with Crippen molar-refractivity contribution in [2.75, 3.05) is 19.0 Å². The number of hydrogen-bond donors (Lipinski definition) is 1. The molecule has 1 aliphatic heterocycles. The summed E-state index contributed by atoms with van der Waals surface area (Å²) in [5, 5.41) is 8.99. The number of nitrogens with one attached hydrogen (secondary N) is 1. The second-order valence-corrected chi connectivity index (χ2v) is 7.28. The van der Waals surface area contributed by atoms with Gasteiger partial charge in [0.15, 0.2) is 0 Å². The zero-order valence-electron chi connectivity index (χ0n) is 14.9. The molecule has 0 radical (unpaired) electrons. The van der Waals surface area contributed by atoms with Crippen LogP contribution >= 0.6 is 11.3 Å². The van der Waals surface area contributed by atoms with Crippen LogP contribution in [0.1, 0.15) is 18.7 Å². The van der Waals surface area contributed by atoms with Crippen molar-refractivity contribution in [2.45, 2.75) is 25.4 Å². The molecule has 1 N–H and O–H groups in total. The van der Waals surface area contributed by atoms with Crippen LogP contribution in [0.25, 0.3) is 10.7 Å². The van der Waals surface area contributed by atoms with E-state index >= 15 is 0 Å². The van der Waals surface area contributed by atoms with Gasteiger partial charge in [-0.25, -0.2) is 0 Å². The molecule has 0 aliphatic carbocycles. The number of nitrogens with zero attached hydrogens (tertiary/aromatic N) is 3. The summed E-state index contributed by atoms with van der Waals surface area (Å²) >= 11 is 1.57. The molecule has 1 saturated heterocycles. The highest BCUT2D eigenvalue weighted by Gasteiger charge is 2.32. The Morgan fingerprint density at radius 2 is 2.22 bits per heavy atom. The Kier molecular flexibility index (Phi) is 5.17. The molecule has 1 aromatic carbocycles. The van der Waals surface area contributed by atoms with Gasteiger partial charge in [0.05, 0.1) is 24.6 Å². The van der Waals surface area contributed by atoms with Crippen LogP contribution in [0.5, 0.6) is 5.75 Å². The molecule has 140 valence electrons. The highest BCUT2D eigenvalue weighted by Crippen LogP contribution is 2.25. The van der Waals surface area contributed by atoms with E-state index in [0.29, 0.717) is 18.3 Å². The molecule has 4 rings (SSSR count). The maximum Gasteiger partial charge on any atom is 0.241 e. The van der Waals surface area contributed by atoms with Gasteiger partial charge in [0, 0.05) is 5.69 Å². The first-order valence-corrected chi connectivity index (χ1v) is 9.66. The standard InChI is InChI=1S/C19H20N4O3S/c1-25-14-8-6-13(7-9-14)20-19(24)15-4-2-10-23(15)12-17-21-18(22-26-17)16-5-3-11-27-16/h3,5-9,11,15H,2,4,10,12H2,1H3,(H,20,24)/t15-/m0/s1. The van der Waals surface area contributed by atoms with Crippen LogP contribution in [-0.2, 0) is 11.3 Å². The van der Waals surface area contributed by atoms with E-state index < -0.39 is 0 Å². The van der Waals surface area contributed by atoms with Crippen LogP contribution in [0.15, 0.2) is 46.3 Å². The number of anilines is 1. The smallest absolute Gasteiger partial charge is 0.241 e. The van der Waals surface area contributed by atoms with Crippen LogP contribution in [0.4, 0.5) is 5.69 Å². The number of methoxy groups -OCH3 is 1. The lowest BCUT2D eigenvalue weighted by Crippen LogP contribution is -2.39. The van der Waals surface area contributed by atoms with Gasteiger partial charge in [0.1, 0.15) is 5.75 Å². The van der Waals surface area contributed by atoms with Crippen LogP contribution in [-0.4, -0.2) is 40.6 Å². The van der Waals surface area contributed by atoms with Crippen molar-refractivity contribution in [1.82, 2.24) is 15.0 Å². The van der Waals surface area contributed by atoms with Crippen molar-refractivity contribution in [3.05, 3.63) is 47.7 Å². The van der Waals surface area contributed by atoms with E-state index in [2.05, 4.69) is 20.4 Å². The number of carbonyl (C=O) groups excluding carboxylic acids is 1. The molecule has 0 saturated carbocycles. The third-order valence-corrected chi connectivity index (χ3v) is 5.44. The number of benzene rings is 1. The van der Waals surface area contributed by atoms with Crippen molar-refractivity contribution in [3.63, 3.8) is 0 Å². The Morgan fingerprint density at radius 1 is 1.37 bits per heavy atom. The van der Waals surface area contributed by atoms with Crippen molar-refractivity contribution in [2.24, 2.45) is 0 Å². The predicted octanol–water partition coefficient (Wildman–Crippen LogP) is 3.41. The highest BCUT2D eigenvalue weighted by molar-refractivity contribution is 7.13. The zero-order chi connectivity index (χ0) is 18.6. The molecule has 3 heterocycles. The fourth-order valence-corrected chi connectivity index (χ4v) is 3.86. The van der Waals surface area contributed by atoms with Gasteiger partial charge in [-0.1, -0.05) is 11.2 Å². The molecule has 1 atom stereocenters. The Morgan fingerprint density at radius 3 is 2.96 bits per heavy atom. The molecule has 0 spiro atoms. The summed E-state index contributed by atoms with van der Waals surface area (Å²) in [6.07, 6.45) is 1.78. The SMILES string of the molecule is COc1ccc(NC(=O)[C@@H]2CCCN2Cc2nc(-c3cccs3)no2)cc1. The summed E-state index contributed by atoms with van der Waals surface area (Å²) < 4.78 is 10.5. The predicted molar refractivity (Wildman–Crippen MR) is 103 cm³/mol. The fraction of sp³-hybridized carbons (Fsp3) is 0.316. The third kappa shape index (κ3) is 4.01. The zero-order valence-corrected chi connectivity index (χ0v) is 15.7. The lowest BCUT2D eigenvalue weighted by molar-refractivity contribution is -0.120. The minimum Gasteiger partial charge on any atom is -0.497 e. The molecular weight excluding hydrogens is 364 g/mol. The number of amides is 1. The molecule has 0 bridgehead atoms. The quantitative estimate of drug-likeness (QED) is 0.701. The van der Waals surface area contributed by atoms with Crippen LogP contribution in [0.3, 0.4) is 0 Å². The topological polar surface area (TPSA) is 80.5 Å². The first-order chi connectivity index (χ1) is 13.2. The van der Waals surface area contributed by atoms with Gasteiger partial charge < -0.3 is 14.6 Å². The van der Waals surface area contributed by atoms with Crippen molar-refractivity contribution >= 4 is 22.9 Å². The molecule has 7 nitrogen and oxygen atoms in total. The number of hydrogen-bond acceptors (Lipinski definition) is 7. The molecule has 1 amide bonds. The molecule has 1 aliphatic rings. The summed E-state index contributed by atoms with van der Waals surface area (Å²) in [6.45, 7) is 1.30. The molecular formula is C19H20N4O3S. The molecule has 27 heavy (non-hydrogen) atoms. The van der Waals surface area contributed by atoms with E-state index in [1.54, 1.807) is 18.4 Å². The summed E-state index contributed by atoms with van der Waals surface area (Å²) in [4.78, 5) is 20.2. The average molecular weight is 384 g/mol. The molecule has 3 aromatic rings. The van der Waals surface area contributed by atoms with Gasteiger partial charge in [-0.15, -0.1) is 11.3 Å². The summed E-state index contributed by atoms with van der Waals surface area (Å²) in [7, 11) is 1.62. The second-order valence-electron chi connectivity index (χ2n) is 6.34. The van der Waals surface area contributed by atoms with Gasteiger partial charge in [-0.05, 0) is 55.1 Å². The summed E-state index contributed by atoms with van der Waals surface area (Å²) in [6, 6.07) is 11.0. The number of aromatic nitrogens is 2. The highest BCUT2D eigenvalue weighted by atomic mass is 32.1. The monoisotopic (exact) mass is 384 g/mol. The van der Waals surface area contributed by atoms with Gasteiger partial charge >= 0.3 is 0 Å². The Hall–Kier alpha value is -2.71. The van der Waals surface area contributed by atoms with Gasteiger partial charge in [0.2, 0.25) is 17.6 Å². The summed E-state index contributed by atoms with van der Waals surface area (Å²) in [5.74, 6) is 1.87. The molecule has 1 fully saturated rings. The van der Waals surface area contributed by atoms with Crippen LogP contribution in [0, 0.1) is 0 Å². The second kappa shape index (κ2) is 7.89. The third-order valence-electron chi connectivity index (χ3n) is 4.57. The number of carbonyl (C=O) groups is 1. The number of thiophene rings is 1. The lowest BCUT2D eigenvalue weighted by Gasteiger charge is -2.22. The van der Waals surface area contributed by atoms with Gasteiger partial charge in [-0.3, -0.25) is 9.69 Å². The van der Waals surface area contributed by atoms with Gasteiger partial charge in [-0.2, -0.15) is 4.98 Å². The largest absolute Gasteiger partial charge is 0.497 e. The number of rotatable bonds is 6. The average Bonchev–Trinajstić information content (AvgIpc) is 3.44. The maximum atomic E-state index is 12.7. The fourth-order valence-electron chi connectivity index (χ4n) is 3.21. The maximum absolute atomic E-state index is 12.7. The van der Waals surface area contributed by atoms with E-state index in [-0.39, 0.29) is 11.9 Å². The number of likely N-dealkylation sites (tertiary alicyclic amines) is 1. The van der Waals surface area contributed by atoms with E-state index in [4.69, 9.17) is 9.26 Å². The minimum atomic E-state index is -0.204. The van der Waals surface area contributed by atoms with Crippen molar-refractivity contribution in [1.29, 1.82) is 0 Å². The lowest BCUT2D eigenvalue weighted by atomic mass is 10.2. The van der Waals surface area contributed by atoms with Crippen molar-refractivity contribution in [3.8, 4) is 16.5 Å². The van der Waals surface area contributed by atoms with Gasteiger partial charge in [0.25, 0.3) is 0 Å². The molecule has 0 unspecified atom stereocenters. The van der Waals surface area contributed by atoms with Crippen LogP contribution < -0.4 is 10.1 Å². The van der Waals surface area contributed by atoms with Crippen LogP contribution in [0.2, 0.25) is 0 Å². The first kappa shape index (κ1) is 17.7. The normalized spacial score (nSPS) is 17.1. The Labute approximate surface area is 161 Å². The summed E-state index contributed by atoms with van der Waals surface area (Å²) in [5.41, 5.74) is 0.755. The van der Waals surface area contributed by atoms with E-state index in [1.165, 1.54) is 0 Å². The van der Waals surface area contributed by atoms with E-state index in [0.717, 1.165) is 35.7 Å². The molecule has 2 aromatic heterocycles. The molecule has 8 heteroatoms. The Bertz CT molecular complexity index is 892. The first-order valence-electron chi connectivity index (χ1n) is 8.78. The van der Waals surface area contributed by atoms with E-state index in [1.807, 2.05) is 41.8 Å². The minimum absolute atomic E-state index is 0.0179. The van der Waals surface area contributed by atoms with Crippen molar-refractivity contribution < 1.29 is 14.1 Å². The van der Waals surface area contributed by atoms with E-state index in [9.17, 15) is 4.79 Å².